The molecule has 0 spiro atoms. The van der Waals surface area contributed by atoms with Gasteiger partial charge in [0, 0.05) is 22.3 Å². The molecule has 1 aromatic carbocycles. The van der Waals surface area contributed by atoms with E-state index in [1.807, 2.05) is 24.8 Å². The Balaban J connectivity index is 2.10. The summed E-state index contributed by atoms with van der Waals surface area (Å²) in [5.41, 5.74) is 0.839. The van der Waals surface area contributed by atoms with Crippen LogP contribution < -0.4 is 5.32 Å². The van der Waals surface area contributed by atoms with Gasteiger partial charge in [-0.15, -0.1) is 11.8 Å². The van der Waals surface area contributed by atoms with Crippen molar-refractivity contribution < 1.29 is 4.39 Å². The second-order valence-electron chi connectivity index (χ2n) is 4.52. The molecule has 0 atom stereocenters. The molecule has 0 heterocycles. The molecule has 1 fully saturated rings. The van der Waals surface area contributed by atoms with Crippen molar-refractivity contribution in [3.63, 3.8) is 0 Å². The number of thioether (sulfide) groups is 1. The second kappa shape index (κ2) is 6.41. The van der Waals surface area contributed by atoms with Gasteiger partial charge in [0.05, 0.1) is 0 Å². The molecule has 0 bridgehead atoms. The fraction of sp³-hybridized carbons (Fsp3) is 0.571. The van der Waals surface area contributed by atoms with Crippen molar-refractivity contribution in [3.8, 4) is 0 Å². The van der Waals surface area contributed by atoms with Crippen LogP contribution in [0.2, 0.25) is 0 Å². The molecular formula is C14H20FNS. The highest BCUT2D eigenvalue weighted by atomic mass is 32.2. The van der Waals surface area contributed by atoms with E-state index in [-0.39, 0.29) is 5.82 Å². The summed E-state index contributed by atoms with van der Waals surface area (Å²) in [6.07, 6.45) is 5.22. The van der Waals surface area contributed by atoms with Crippen LogP contribution in [-0.4, -0.2) is 11.8 Å². The topological polar surface area (TPSA) is 12.0 Å². The fourth-order valence-corrected chi connectivity index (χ4v) is 3.65. The van der Waals surface area contributed by atoms with E-state index in [9.17, 15) is 4.39 Å². The molecule has 1 nitrogen and oxygen atoms in total. The molecule has 0 aromatic heterocycles. The molecule has 1 N–H and O–H groups in total. The highest BCUT2D eigenvalue weighted by Gasteiger charge is 2.18. The smallest absolute Gasteiger partial charge is 0.128 e. The molecule has 0 amide bonds. The Morgan fingerprint density at radius 2 is 2.12 bits per heavy atom. The van der Waals surface area contributed by atoms with Gasteiger partial charge in [0.1, 0.15) is 5.82 Å². The van der Waals surface area contributed by atoms with Gasteiger partial charge in [-0.1, -0.05) is 25.8 Å². The maximum absolute atomic E-state index is 13.8. The standard InChI is InChI=1S/C14H20FNS/c1-2-16-10-12-13(15)8-5-9-14(12)17-11-6-3-4-7-11/h5,8-9,11,16H,2-4,6-7,10H2,1H3. The van der Waals surface area contributed by atoms with Crippen molar-refractivity contribution in [1.82, 2.24) is 5.32 Å². The zero-order chi connectivity index (χ0) is 12.1. The third-order valence-corrected chi connectivity index (χ3v) is 4.66. The molecule has 0 unspecified atom stereocenters. The minimum Gasteiger partial charge on any atom is -0.313 e. The number of halogens is 1. The molecule has 1 aromatic rings. The van der Waals surface area contributed by atoms with Crippen molar-refractivity contribution in [2.75, 3.05) is 6.54 Å². The molecule has 17 heavy (non-hydrogen) atoms. The number of nitrogens with one attached hydrogen (secondary N) is 1. The fourth-order valence-electron chi connectivity index (χ4n) is 2.26. The van der Waals surface area contributed by atoms with Gasteiger partial charge in [-0.3, -0.25) is 0 Å². The van der Waals surface area contributed by atoms with Gasteiger partial charge >= 0.3 is 0 Å². The Morgan fingerprint density at radius 1 is 1.35 bits per heavy atom. The van der Waals surface area contributed by atoms with Crippen molar-refractivity contribution >= 4 is 11.8 Å². The molecule has 2 rings (SSSR count). The Bertz CT molecular complexity index is 361. The number of hydrogen-bond acceptors (Lipinski definition) is 2. The zero-order valence-corrected chi connectivity index (χ0v) is 11.2. The highest BCUT2D eigenvalue weighted by molar-refractivity contribution is 8.00. The average molecular weight is 253 g/mol. The Hall–Kier alpha value is -0.540. The monoisotopic (exact) mass is 253 g/mol. The Morgan fingerprint density at radius 3 is 2.82 bits per heavy atom. The third-order valence-electron chi connectivity index (χ3n) is 3.22. The molecule has 94 valence electrons. The number of hydrogen-bond donors (Lipinski definition) is 1. The van der Waals surface area contributed by atoms with Crippen LogP contribution in [-0.2, 0) is 6.54 Å². The SMILES string of the molecule is CCNCc1c(F)cccc1SC1CCCC1. The third kappa shape index (κ3) is 3.46. The Kier molecular flexibility index (Phi) is 4.86. The van der Waals surface area contributed by atoms with Crippen molar-refractivity contribution in [1.29, 1.82) is 0 Å². The maximum Gasteiger partial charge on any atom is 0.128 e. The predicted octanol–water partition coefficient (Wildman–Crippen LogP) is 3.97. The summed E-state index contributed by atoms with van der Waals surface area (Å²) in [6.45, 7) is 3.56. The summed E-state index contributed by atoms with van der Waals surface area (Å²) in [4.78, 5) is 1.12. The average Bonchev–Trinajstić information content (AvgIpc) is 2.81. The van der Waals surface area contributed by atoms with E-state index in [0.29, 0.717) is 11.8 Å². The lowest BCUT2D eigenvalue weighted by Gasteiger charge is -2.14. The molecular weight excluding hydrogens is 233 g/mol. The molecule has 0 aliphatic heterocycles. The lowest BCUT2D eigenvalue weighted by atomic mass is 10.2. The molecule has 1 aliphatic rings. The maximum atomic E-state index is 13.8. The van der Waals surface area contributed by atoms with Crippen molar-refractivity contribution in [2.24, 2.45) is 0 Å². The Labute approximate surface area is 107 Å². The summed E-state index contributed by atoms with van der Waals surface area (Å²) in [5, 5.41) is 3.91. The van der Waals surface area contributed by atoms with Crippen LogP contribution in [0.5, 0.6) is 0 Å². The summed E-state index contributed by atoms with van der Waals surface area (Å²) in [5.74, 6) is -0.0750. The largest absolute Gasteiger partial charge is 0.313 e. The molecule has 0 saturated heterocycles. The highest BCUT2D eigenvalue weighted by Crippen LogP contribution is 2.36. The van der Waals surface area contributed by atoms with Crippen LogP contribution >= 0.6 is 11.8 Å². The van der Waals surface area contributed by atoms with E-state index in [1.165, 1.54) is 25.7 Å². The van der Waals surface area contributed by atoms with Gasteiger partial charge in [-0.25, -0.2) is 4.39 Å². The first-order valence-electron chi connectivity index (χ1n) is 6.46. The molecule has 1 aliphatic carbocycles. The van der Waals surface area contributed by atoms with Crippen molar-refractivity contribution in [2.45, 2.75) is 49.3 Å². The quantitative estimate of drug-likeness (QED) is 0.852. The second-order valence-corrected chi connectivity index (χ2v) is 5.86. The van der Waals surface area contributed by atoms with Crippen molar-refractivity contribution in [3.05, 3.63) is 29.6 Å². The summed E-state index contributed by atoms with van der Waals surface area (Å²) in [7, 11) is 0. The summed E-state index contributed by atoms with van der Waals surface area (Å²) >= 11 is 1.86. The normalized spacial score (nSPS) is 16.6. The van der Waals surface area contributed by atoms with E-state index in [4.69, 9.17) is 0 Å². The van der Waals surface area contributed by atoms with Crippen LogP contribution in [0.3, 0.4) is 0 Å². The van der Waals surface area contributed by atoms with Gasteiger partial charge in [0.25, 0.3) is 0 Å². The van der Waals surface area contributed by atoms with Crippen LogP contribution in [0.25, 0.3) is 0 Å². The van der Waals surface area contributed by atoms with E-state index in [1.54, 1.807) is 6.07 Å². The summed E-state index contributed by atoms with van der Waals surface area (Å²) < 4.78 is 13.8. The van der Waals surface area contributed by atoms with Gasteiger partial charge < -0.3 is 5.32 Å². The number of benzene rings is 1. The van der Waals surface area contributed by atoms with Crippen LogP contribution in [0.4, 0.5) is 4.39 Å². The van der Waals surface area contributed by atoms with Gasteiger partial charge in [0.15, 0.2) is 0 Å². The lowest BCUT2D eigenvalue weighted by Crippen LogP contribution is -2.14. The lowest BCUT2D eigenvalue weighted by molar-refractivity contribution is 0.585. The summed E-state index contributed by atoms with van der Waals surface area (Å²) in [6, 6.07) is 5.44. The number of rotatable bonds is 5. The molecule has 3 heteroatoms. The zero-order valence-electron chi connectivity index (χ0n) is 10.3. The van der Waals surface area contributed by atoms with E-state index in [0.717, 1.165) is 17.0 Å². The first-order valence-corrected chi connectivity index (χ1v) is 7.34. The van der Waals surface area contributed by atoms with E-state index in [2.05, 4.69) is 11.4 Å². The van der Waals surface area contributed by atoms with Crippen LogP contribution in [0.15, 0.2) is 23.1 Å². The first-order chi connectivity index (χ1) is 8.31. The minimum atomic E-state index is -0.0750. The van der Waals surface area contributed by atoms with Gasteiger partial charge in [0.2, 0.25) is 0 Å². The van der Waals surface area contributed by atoms with Gasteiger partial charge in [-0.2, -0.15) is 0 Å². The van der Waals surface area contributed by atoms with Crippen LogP contribution in [0.1, 0.15) is 38.2 Å². The van der Waals surface area contributed by atoms with Crippen LogP contribution in [0, 0.1) is 5.82 Å². The van der Waals surface area contributed by atoms with E-state index >= 15 is 0 Å². The predicted molar refractivity (Wildman–Crippen MR) is 71.9 cm³/mol. The molecule has 1 saturated carbocycles. The molecule has 0 radical (unpaired) electrons. The van der Waals surface area contributed by atoms with E-state index < -0.39 is 0 Å². The van der Waals surface area contributed by atoms with Gasteiger partial charge in [-0.05, 0) is 31.5 Å². The minimum absolute atomic E-state index is 0.0750. The first kappa shape index (κ1) is 12.9.